The first-order chi connectivity index (χ1) is 13.4. The van der Waals surface area contributed by atoms with Gasteiger partial charge in [0.15, 0.2) is 5.11 Å². The molecule has 2 N–H and O–H groups in total. The van der Waals surface area contributed by atoms with E-state index >= 15 is 0 Å². The first-order valence-corrected chi connectivity index (χ1v) is 10.0. The average Bonchev–Trinajstić information content (AvgIpc) is 3.09. The van der Waals surface area contributed by atoms with E-state index < -0.39 is 0 Å². The van der Waals surface area contributed by atoms with Gasteiger partial charge >= 0.3 is 0 Å². The van der Waals surface area contributed by atoms with Gasteiger partial charge in [-0.05, 0) is 80.9 Å². The number of ether oxygens (including phenoxy) is 1. The fraction of sp³-hybridized carbons (Fsp3) is 0.364. The summed E-state index contributed by atoms with van der Waals surface area (Å²) in [6.07, 6.45) is 1.53. The first kappa shape index (κ1) is 20.1. The van der Waals surface area contributed by atoms with Gasteiger partial charge in [-0.1, -0.05) is 12.1 Å². The number of nitrogens with one attached hydrogen (secondary N) is 2. The molecule has 0 unspecified atom stereocenters. The molecule has 0 aromatic heterocycles. The normalized spacial score (nSPS) is 14.7. The second kappa shape index (κ2) is 9.06. The number of rotatable bonds is 6. The van der Waals surface area contributed by atoms with E-state index in [1.54, 1.807) is 0 Å². The van der Waals surface area contributed by atoms with Crippen LogP contribution >= 0.6 is 12.2 Å². The van der Waals surface area contributed by atoms with Crippen molar-refractivity contribution in [2.75, 3.05) is 23.4 Å². The monoisotopic (exact) mass is 397 g/mol. The van der Waals surface area contributed by atoms with E-state index in [-0.39, 0.29) is 11.9 Å². The summed E-state index contributed by atoms with van der Waals surface area (Å²) in [4.78, 5) is 13.8. The van der Waals surface area contributed by atoms with Crippen LogP contribution in [0.1, 0.15) is 30.9 Å². The third kappa shape index (κ3) is 5.23. The second-order valence-electron chi connectivity index (χ2n) is 7.26. The molecule has 5 nitrogen and oxygen atoms in total. The summed E-state index contributed by atoms with van der Waals surface area (Å²) in [6, 6.07) is 13.9. The minimum atomic E-state index is 0.0463. The Balaban J connectivity index is 1.50. The van der Waals surface area contributed by atoms with Gasteiger partial charge in [0, 0.05) is 24.3 Å². The smallest absolute Gasteiger partial charge is 0.227 e. The van der Waals surface area contributed by atoms with E-state index in [0.29, 0.717) is 18.1 Å². The van der Waals surface area contributed by atoms with Gasteiger partial charge in [-0.3, -0.25) is 4.79 Å². The molecule has 1 saturated heterocycles. The zero-order chi connectivity index (χ0) is 20.1. The number of carbonyl (C=O) groups excluding carboxylic acids is 1. The number of thiocarbonyl (C=S) groups is 1. The van der Waals surface area contributed by atoms with Gasteiger partial charge in [0.1, 0.15) is 12.4 Å². The molecular formula is C22H27N3O2S. The summed E-state index contributed by atoms with van der Waals surface area (Å²) in [6.45, 7) is 7.47. The van der Waals surface area contributed by atoms with Gasteiger partial charge in [-0.15, -0.1) is 0 Å². The third-order valence-electron chi connectivity index (χ3n) is 4.84. The van der Waals surface area contributed by atoms with E-state index in [1.165, 1.54) is 11.1 Å². The average molecular weight is 398 g/mol. The van der Waals surface area contributed by atoms with Gasteiger partial charge in [0.25, 0.3) is 0 Å². The van der Waals surface area contributed by atoms with Gasteiger partial charge in [0.05, 0.1) is 6.04 Å². The summed E-state index contributed by atoms with van der Waals surface area (Å²) < 4.78 is 5.86. The van der Waals surface area contributed by atoms with Crippen LogP contribution < -0.4 is 20.3 Å². The lowest BCUT2D eigenvalue weighted by molar-refractivity contribution is -0.117. The van der Waals surface area contributed by atoms with Crippen molar-refractivity contribution >= 4 is 34.6 Å². The van der Waals surface area contributed by atoms with Crippen molar-refractivity contribution in [2.24, 2.45) is 0 Å². The lowest BCUT2D eigenvalue weighted by Crippen LogP contribution is -2.39. The molecule has 6 heteroatoms. The van der Waals surface area contributed by atoms with Crippen molar-refractivity contribution in [3.05, 3.63) is 53.6 Å². The number of aryl methyl sites for hydroxylation is 2. The second-order valence-corrected chi connectivity index (χ2v) is 7.66. The van der Waals surface area contributed by atoms with E-state index in [4.69, 9.17) is 17.0 Å². The van der Waals surface area contributed by atoms with Gasteiger partial charge < -0.3 is 20.3 Å². The van der Waals surface area contributed by atoms with Crippen LogP contribution in [0.2, 0.25) is 0 Å². The Morgan fingerprint density at radius 3 is 2.75 bits per heavy atom. The van der Waals surface area contributed by atoms with Gasteiger partial charge in [-0.25, -0.2) is 0 Å². The molecule has 3 rings (SSSR count). The lowest BCUT2D eigenvalue weighted by atomic mass is 10.1. The van der Waals surface area contributed by atoms with Crippen molar-refractivity contribution in [3.8, 4) is 5.75 Å². The highest BCUT2D eigenvalue weighted by Crippen LogP contribution is 2.24. The van der Waals surface area contributed by atoms with Crippen LogP contribution in [0.3, 0.4) is 0 Å². The predicted octanol–water partition coefficient (Wildman–Crippen LogP) is 4.18. The Bertz CT molecular complexity index is 869. The minimum Gasteiger partial charge on any atom is -0.491 e. The number of benzene rings is 2. The summed E-state index contributed by atoms with van der Waals surface area (Å²) in [5.41, 5.74) is 4.23. The standard InChI is InChI=1S/C22H27N3O2S/c1-15-9-10-20(12-16(15)2)27-14-17(3)23-22(28)24-18-6-4-7-19(13-18)25-11-5-8-21(25)26/h4,6-7,9-10,12-13,17H,5,8,11,14H2,1-3H3,(H2,23,24,28)/t17-/m0/s1. The summed E-state index contributed by atoms with van der Waals surface area (Å²) in [7, 11) is 0. The molecule has 2 aromatic rings. The molecule has 28 heavy (non-hydrogen) atoms. The number of hydrogen-bond donors (Lipinski definition) is 2. The molecule has 1 aliphatic rings. The van der Waals surface area contributed by atoms with Crippen LogP contribution in [-0.4, -0.2) is 30.2 Å². The Labute approximate surface area is 172 Å². The van der Waals surface area contributed by atoms with E-state index in [0.717, 1.165) is 30.1 Å². The van der Waals surface area contributed by atoms with Gasteiger partial charge in [-0.2, -0.15) is 0 Å². The number of carbonyl (C=O) groups is 1. The molecule has 1 atom stereocenters. The highest BCUT2D eigenvalue weighted by Gasteiger charge is 2.21. The molecule has 1 amide bonds. The van der Waals surface area contributed by atoms with Crippen molar-refractivity contribution in [2.45, 2.75) is 39.7 Å². The first-order valence-electron chi connectivity index (χ1n) is 9.60. The fourth-order valence-corrected chi connectivity index (χ4v) is 3.45. The Morgan fingerprint density at radius 2 is 2.04 bits per heavy atom. The van der Waals surface area contributed by atoms with Crippen LogP contribution in [-0.2, 0) is 4.79 Å². The maximum atomic E-state index is 11.9. The number of amides is 1. The zero-order valence-electron chi connectivity index (χ0n) is 16.6. The summed E-state index contributed by atoms with van der Waals surface area (Å²) in [5.74, 6) is 1.04. The summed E-state index contributed by atoms with van der Waals surface area (Å²) in [5, 5.41) is 6.96. The number of hydrogen-bond acceptors (Lipinski definition) is 3. The largest absolute Gasteiger partial charge is 0.491 e. The van der Waals surface area contributed by atoms with E-state index in [1.807, 2.05) is 48.2 Å². The molecule has 0 spiro atoms. The minimum absolute atomic E-state index is 0.0463. The Morgan fingerprint density at radius 1 is 1.21 bits per heavy atom. The lowest BCUT2D eigenvalue weighted by Gasteiger charge is -2.19. The molecule has 0 aliphatic carbocycles. The molecule has 0 bridgehead atoms. The predicted molar refractivity (Wildman–Crippen MR) is 118 cm³/mol. The fourth-order valence-electron chi connectivity index (χ4n) is 3.13. The topological polar surface area (TPSA) is 53.6 Å². The molecule has 1 heterocycles. The highest BCUT2D eigenvalue weighted by atomic mass is 32.1. The van der Waals surface area contributed by atoms with Crippen molar-refractivity contribution in [1.29, 1.82) is 0 Å². The van der Waals surface area contributed by atoms with Crippen LogP contribution in [0.25, 0.3) is 0 Å². The SMILES string of the molecule is Cc1ccc(OC[C@H](C)NC(=S)Nc2cccc(N3CCCC3=O)c2)cc1C. The number of nitrogens with zero attached hydrogens (tertiary/aromatic N) is 1. The molecule has 2 aromatic carbocycles. The van der Waals surface area contributed by atoms with Crippen LogP contribution in [0, 0.1) is 13.8 Å². The zero-order valence-corrected chi connectivity index (χ0v) is 17.4. The van der Waals surface area contributed by atoms with Crippen LogP contribution in [0.4, 0.5) is 11.4 Å². The molecule has 0 radical (unpaired) electrons. The summed E-state index contributed by atoms with van der Waals surface area (Å²) >= 11 is 5.42. The molecular weight excluding hydrogens is 370 g/mol. The van der Waals surface area contributed by atoms with Crippen LogP contribution in [0.15, 0.2) is 42.5 Å². The van der Waals surface area contributed by atoms with Crippen LogP contribution in [0.5, 0.6) is 5.75 Å². The highest BCUT2D eigenvalue weighted by molar-refractivity contribution is 7.80. The molecule has 1 fully saturated rings. The van der Waals surface area contributed by atoms with Gasteiger partial charge in [0.2, 0.25) is 5.91 Å². The quantitative estimate of drug-likeness (QED) is 0.716. The van der Waals surface area contributed by atoms with Crippen molar-refractivity contribution in [3.63, 3.8) is 0 Å². The van der Waals surface area contributed by atoms with E-state index in [2.05, 4.69) is 30.5 Å². The molecule has 148 valence electrons. The third-order valence-corrected chi connectivity index (χ3v) is 5.06. The van der Waals surface area contributed by atoms with E-state index in [9.17, 15) is 4.79 Å². The maximum Gasteiger partial charge on any atom is 0.227 e. The Hall–Kier alpha value is -2.60. The van der Waals surface area contributed by atoms with Crippen molar-refractivity contribution in [1.82, 2.24) is 5.32 Å². The molecule has 0 saturated carbocycles. The Kier molecular flexibility index (Phi) is 6.52. The molecule has 1 aliphatic heterocycles. The van der Waals surface area contributed by atoms with Crippen molar-refractivity contribution < 1.29 is 9.53 Å². The maximum absolute atomic E-state index is 11.9. The number of anilines is 2.